The summed E-state index contributed by atoms with van der Waals surface area (Å²) >= 11 is 0. The number of nitrogens with one attached hydrogen (secondary N) is 1. The first-order valence-electron chi connectivity index (χ1n) is 8.60. The monoisotopic (exact) mass is 391 g/mol. The minimum absolute atomic E-state index is 0.0694. The van der Waals surface area contributed by atoms with Crippen molar-refractivity contribution in [1.29, 1.82) is 0 Å². The zero-order chi connectivity index (χ0) is 19.4. The van der Waals surface area contributed by atoms with Gasteiger partial charge in [0.1, 0.15) is 13.2 Å². The second-order valence-corrected chi connectivity index (χ2v) is 7.70. The molecule has 2 aromatic rings. The van der Waals surface area contributed by atoms with E-state index >= 15 is 0 Å². The lowest BCUT2D eigenvalue weighted by Gasteiger charge is -2.21. The highest BCUT2D eigenvalue weighted by Crippen LogP contribution is 2.32. The summed E-state index contributed by atoms with van der Waals surface area (Å²) in [5, 5.41) is 0. The average Bonchev–Trinajstić information content (AvgIpc) is 2.67. The Morgan fingerprint density at radius 3 is 2.44 bits per heavy atom. The molecule has 0 saturated carbocycles. The molecule has 1 N–H and O–H groups in total. The zero-order valence-corrected chi connectivity index (χ0v) is 15.9. The smallest absolute Gasteiger partial charge is 0.338 e. The second-order valence-electron chi connectivity index (χ2n) is 5.99. The topological polar surface area (TPSA) is 90.9 Å². The van der Waals surface area contributed by atoms with Gasteiger partial charge >= 0.3 is 5.97 Å². The first kappa shape index (κ1) is 19.2. The Morgan fingerprint density at radius 1 is 1.11 bits per heavy atom. The van der Waals surface area contributed by atoms with E-state index in [1.807, 2.05) is 0 Å². The molecule has 0 bridgehead atoms. The van der Waals surface area contributed by atoms with Crippen LogP contribution in [0.15, 0.2) is 47.4 Å². The van der Waals surface area contributed by atoms with Gasteiger partial charge in [0.25, 0.3) is 0 Å². The van der Waals surface area contributed by atoms with Crippen molar-refractivity contribution in [2.24, 2.45) is 0 Å². The summed E-state index contributed by atoms with van der Waals surface area (Å²) in [4.78, 5) is 11.7. The van der Waals surface area contributed by atoms with Gasteiger partial charge in [-0.3, -0.25) is 0 Å². The minimum Gasteiger partial charge on any atom is -0.486 e. The molecule has 1 heterocycles. The molecular weight excluding hydrogens is 370 g/mol. The van der Waals surface area contributed by atoms with Crippen LogP contribution >= 0.6 is 0 Å². The Hall–Kier alpha value is -2.58. The third-order valence-electron chi connectivity index (χ3n) is 4.07. The lowest BCUT2D eigenvalue weighted by atomic mass is 10.1. The van der Waals surface area contributed by atoms with Crippen molar-refractivity contribution in [3.05, 3.63) is 53.6 Å². The maximum atomic E-state index is 12.6. The van der Waals surface area contributed by atoms with Gasteiger partial charge in [-0.05, 0) is 55.8 Å². The van der Waals surface area contributed by atoms with Crippen molar-refractivity contribution >= 4 is 16.0 Å². The maximum absolute atomic E-state index is 12.6. The fourth-order valence-electron chi connectivity index (χ4n) is 2.68. The van der Waals surface area contributed by atoms with Crippen LogP contribution in [0.5, 0.6) is 11.5 Å². The van der Waals surface area contributed by atoms with Gasteiger partial charge in [-0.2, -0.15) is 0 Å². The highest BCUT2D eigenvalue weighted by atomic mass is 32.2. The summed E-state index contributed by atoms with van der Waals surface area (Å²) in [6.07, 6.45) is 0. The van der Waals surface area contributed by atoms with E-state index < -0.39 is 22.0 Å². The third-order valence-corrected chi connectivity index (χ3v) is 5.63. The summed E-state index contributed by atoms with van der Waals surface area (Å²) < 4.78 is 43.8. The van der Waals surface area contributed by atoms with Gasteiger partial charge in [-0.1, -0.05) is 6.07 Å². The van der Waals surface area contributed by atoms with Crippen molar-refractivity contribution in [2.45, 2.75) is 24.8 Å². The van der Waals surface area contributed by atoms with E-state index in [1.165, 1.54) is 24.3 Å². The Labute approximate surface area is 158 Å². The van der Waals surface area contributed by atoms with Crippen molar-refractivity contribution in [3.8, 4) is 11.5 Å². The van der Waals surface area contributed by atoms with E-state index in [9.17, 15) is 13.2 Å². The van der Waals surface area contributed by atoms with Crippen LogP contribution in [0.3, 0.4) is 0 Å². The molecule has 8 heteroatoms. The minimum atomic E-state index is -3.76. The fraction of sp³-hybridized carbons (Fsp3) is 0.316. The second kappa shape index (κ2) is 7.98. The van der Waals surface area contributed by atoms with Crippen LogP contribution in [0.4, 0.5) is 0 Å². The van der Waals surface area contributed by atoms with Crippen LogP contribution in [-0.4, -0.2) is 34.2 Å². The Balaban J connectivity index is 1.74. The molecule has 7 nitrogen and oxygen atoms in total. The molecule has 0 fully saturated rings. The van der Waals surface area contributed by atoms with E-state index in [0.717, 1.165) is 5.56 Å². The summed E-state index contributed by atoms with van der Waals surface area (Å²) in [7, 11) is -3.76. The first-order chi connectivity index (χ1) is 12.9. The average molecular weight is 391 g/mol. The number of ether oxygens (including phenoxy) is 3. The Kier molecular flexibility index (Phi) is 5.67. The molecule has 0 unspecified atom stereocenters. The standard InChI is InChI=1S/C19H21NO6S/c1-3-24-19(21)14-4-7-16(8-5-14)27(22,23)20-13(2)15-6-9-17-18(12-15)26-11-10-25-17/h4-9,12-13,20H,3,10-11H2,1-2H3/t13-/m1/s1. The molecule has 27 heavy (non-hydrogen) atoms. The van der Waals surface area contributed by atoms with Crippen LogP contribution in [0.25, 0.3) is 0 Å². The summed E-state index contributed by atoms with van der Waals surface area (Å²) in [6, 6.07) is 10.5. The van der Waals surface area contributed by atoms with E-state index in [-0.39, 0.29) is 11.5 Å². The molecule has 0 radical (unpaired) electrons. The predicted molar refractivity (Wildman–Crippen MR) is 98.6 cm³/mol. The molecule has 0 saturated heterocycles. The Bertz CT molecular complexity index is 924. The van der Waals surface area contributed by atoms with Crippen LogP contribution in [0, 0.1) is 0 Å². The van der Waals surface area contributed by atoms with Gasteiger partial charge in [0.15, 0.2) is 11.5 Å². The summed E-state index contributed by atoms with van der Waals surface area (Å²) in [6.45, 7) is 4.67. The van der Waals surface area contributed by atoms with Crippen LogP contribution < -0.4 is 14.2 Å². The van der Waals surface area contributed by atoms with Gasteiger partial charge in [-0.15, -0.1) is 0 Å². The number of carbonyl (C=O) groups excluding carboxylic acids is 1. The highest BCUT2D eigenvalue weighted by molar-refractivity contribution is 7.89. The number of sulfonamides is 1. The van der Waals surface area contributed by atoms with Crippen molar-refractivity contribution in [3.63, 3.8) is 0 Å². The number of fused-ring (bicyclic) bond motifs is 1. The van der Waals surface area contributed by atoms with E-state index in [4.69, 9.17) is 14.2 Å². The lowest BCUT2D eigenvalue weighted by molar-refractivity contribution is 0.0526. The number of rotatable bonds is 6. The van der Waals surface area contributed by atoms with Crippen LogP contribution in [-0.2, 0) is 14.8 Å². The van der Waals surface area contributed by atoms with Gasteiger partial charge in [-0.25, -0.2) is 17.9 Å². The van der Waals surface area contributed by atoms with Crippen LogP contribution in [0.2, 0.25) is 0 Å². The molecule has 1 atom stereocenters. The lowest BCUT2D eigenvalue weighted by Crippen LogP contribution is -2.27. The number of benzene rings is 2. The number of esters is 1. The van der Waals surface area contributed by atoms with Gasteiger partial charge < -0.3 is 14.2 Å². The molecule has 1 aliphatic rings. The third kappa shape index (κ3) is 4.40. The molecule has 2 aromatic carbocycles. The molecule has 3 rings (SSSR count). The van der Waals surface area contributed by atoms with E-state index in [1.54, 1.807) is 32.0 Å². The van der Waals surface area contributed by atoms with Crippen molar-refractivity contribution in [2.75, 3.05) is 19.8 Å². The van der Waals surface area contributed by atoms with Crippen LogP contribution in [0.1, 0.15) is 35.8 Å². The predicted octanol–water partition coefficient (Wildman–Crippen LogP) is 2.67. The number of carbonyl (C=O) groups is 1. The first-order valence-corrected chi connectivity index (χ1v) is 10.1. The SMILES string of the molecule is CCOC(=O)c1ccc(S(=O)(=O)N[C@H](C)c2ccc3c(c2)OCCO3)cc1. The van der Waals surface area contributed by atoms with E-state index in [2.05, 4.69) is 4.72 Å². The molecule has 0 amide bonds. The molecular formula is C19H21NO6S. The van der Waals surface area contributed by atoms with E-state index in [0.29, 0.717) is 30.3 Å². The molecule has 1 aliphatic heterocycles. The van der Waals surface area contributed by atoms with Crippen molar-refractivity contribution < 1.29 is 27.4 Å². The highest BCUT2D eigenvalue weighted by Gasteiger charge is 2.21. The zero-order valence-electron chi connectivity index (χ0n) is 15.1. The number of hydrogen-bond acceptors (Lipinski definition) is 6. The van der Waals surface area contributed by atoms with Crippen molar-refractivity contribution in [1.82, 2.24) is 4.72 Å². The Morgan fingerprint density at radius 2 is 1.78 bits per heavy atom. The van der Waals surface area contributed by atoms with Gasteiger partial charge in [0.2, 0.25) is 10.0 Å². The largest absolute Gasteiger partial charge is 0.486 e. The maximum Gasteiger partial charge on any atom is 0.338 e. The number of hydrogen-bond donors (Lipinski definition) is 1. The van der Waals surface area contributed by atoms with Gasteiger partial charge in [0, 0.05) is 6.04 Å². The quantitative estimate of drug-likeness (QED) is 0.762. The summed E-state index contributed by atoms with van der Waals surface area (Å²) in [5.41, 5.74) is 1.06. The molecule has 144 valence electrons. The molecule has 0 aromatic heterocycles. The molecule has 0 aliphatic carbocycles. The molecule has 0 spiro atoms. The fourth-order valence-corrected chi connectivity index (χ4v) is 3.91. The normalized spacial score (nSPS) is 14.4. The summed E-state index contributed by atoms with van der Waals surface area (Å²) in [5.74, 6) is 0.761. The van der Waals surface area contributed by atoms with Gasteiger partial charge in [0.05, 0.1) is 17.1 Å².